The molecule has 2 unspecified atom stereocenters. The molecule has 104 valence electrons. The Labute approximate surface area is 106 Å². The Morgan fingerprint density at radius 1 is 1.18 bits per heavy atom. The Kier molecular flexibility index (Phi) is 7.24. The molecule has 0 radical (unpaired) electrons. The highest BCUT2D eigenvalue weighted by molar-refractivity contribution is 4.90. The molecule has 2 atom stereocenters. The maximum atomic E-state index is 5.95. The zero-order chi connectivity index (χ0) is 13.6. The Hall–Kier alpha value is -0.160. The molecular formula is C13H30N2O2. The first-order valence-corrected chi connectivity index (χ1v) is 6.31. The average molecular weight is 246 g/mol. The van der Waals surface area contributed by atoms with E-state index in [0.717, 1.165) is 6.42 Å². The summed E-state index contributed by atoms with van der Waals surface area (Å²) in [6, 6.07) is 0.470. The van der Waals surface area contributed by atoms with Crippen LogP contribution in [0.25, 0.3) is 0 Å². The van der Waals surface area contributed by atoms with Crippen LogP contribution in [0.15, 0.2) is 0 Å². The lowest BCUT2D eigenvalue weighted by molar-refractivity contribution is -0.130. The number of hydrogen-bond donors (Lipinski definition) is 1. The smallest absolute Gasteiger partial charge is 0.158 e. The van der Waals surface area contributed by atoms with Gasteiger partial charge in [0.05, 0.1) is 0 Å². The van der Waals surface area contributed by atoms with Crippen molar-refractivity contribution in [3.63, 3.8) is 0 Å². The zero-order valence-electron chi connectivity index (χ0n) is 12.5. The molecule has 0 heterocycles. The van der Waals surface area contributed by atoms with Crippen molar-refractivity contribution in [2.45, 2.75) is 52.0 Å². The molecule has 0 amide bonds. The highest BCUT2D eigenvalue weighted by Crippen LogP contribution is 2.25. The summed E-state index contributed by atoms with van der Waals surface area (Å²) in [7, 11) is 5.45. The Morgan fingerprint density at radius 3 is 1.94 bits per heavy atom. The summed E-state index contributed by atoms with van der Waals surface area (Å²) in [5.41, 5.74) is 5.84. The van der Waals surface area contributed by atoms with Crippen molar-refractivity contribution in [2.24, 2.45) is 11.7 Å². The van der Waals surface area contributed by atoms with Gasteiger partial charge in [0.15, 0.2) is 6.29 Å². The Morgan fingerprint density at radius 2 is 1.65 bits per heavy atom. The van der Waals surface area contributed by atoms with Crippen LogP contribution in [-0.2, 0) is 9.47 Å². The number of likely N-dealkylation sites (N-methyl/N-ethyl adjacent to an activating group) is 1. The van der Waals surface area contributed by atoms with Gasteiger partial charge in [-0.25, -0.2) is 0 Å². The van der Waals surface area contributed by atoms with Gasteiger partial charge in [0.1, 0.15) is 0 Å². The van der Waals surface area contributed by atoms with Crippen molar-refractivity contribution in [3.8, 4) is 0 Å². The largest absolute Gasteiger partial charge is 0.356 e. The third kappa shape index (κ3) is 4.54. The molecule has 0 aromatic rings. The first kappa shape index (κ1) is 16.8. The highest BCUT2D eigenvalue weighted by atomic mass is 16.7. The van der Waals surface area contributed by atoms with Gasteiger partial charge in [-0.1, -0.05) is 13.8 Å². The number of ether oxygens (including phenoxy) is 2. The molecule has 4 nitrogen and oxygen atoms in total. The fourth-order valence-corrected chi connectivity index (χ4v) is 1.93. The van der Waals surface area contributed by atoms with Crippen LogP contribution in [0.4, 0.5) is 0 Å². The molecule has 0 fully saturated rings. The van der Waals surface area contributed by atoms with E-state index in [2.05, 4.69) is 39.6 Å². The quantitative estimate of drug-likeness (QED) is 0.662. The second kappa shape index (κ2) is 7.31. The van der Waals surface area contributed by atoms with E-state index < -0.39 is 0 Å². The minimum Gasteiger partial charge on any atom is -0.356 e. The molecule has 4 heteroatoms. The Bertz CT molecular complexity index is 208. The van der Waals surface area contributed by atoms with E-state index in [9.17, 15) is 0 Å². The van der Waals surface area contributed by atoms with Crippen LogP contribution < -0.4 is 5.73 Å². The summed E-state index contributed by atoms with van der Waals surface area (Å²) in [4.78, 5) is 2.34. The van der Waals surface area contributed by atoms with E-state index in [1.807, 2.05) is 0 Å². The fourth-order valence-electron chi connectivity index (χ4n) is 1.93. The van der Waals surface area contributed by atoms with Gasteiger partial charge in [-0.05, 0) is 26.8 Å². The van der Waals surface area contributed by atoms with Crippen molar-refractivity contribution in [1.82, 2.24) is 4.90 Å². The van der Waals surface area contributed by atoms with E-state index >= 15 is 0 Å². The lowest BCUT2D eigenvalue weighted by Gasteiger charge is -2.44. The average Bonchev–Trinajstić information content (AvgIpc) is 2.33. The van der Waals surface area contributed by atoms with Crippen LogP contribution in [0, 0.1) is 5.92 Å². The van der Waals surface area contributed by atoms with Crippen molar-refractivity contribution in [3.05, 3.63) is 0 Å². The second-order valence-electron chi connectivity index (χ2n) is 5.40. The monoisotopic (exact) mass is 246 g/mol. The second-order valence-corrected chi connectivity index (χ2v) is 5.40. The standard InChI is InChI=1S/C13H30N2O2/c1-10(2)11(3)15(5)13(4,9-14)8-12(16-6)17-7/h10-12H,8-9,14H2,1-7H3. The van der Waals surface area contributed by atoms with Crippen molar-refractivity contribution in [2.75, 3.05) is 27.8 Å². The van der Waals surface area contributed by atoms with Gasteiger partial charge in [-0.15, -0.1) is 0 Å². The fraction of sp³-hybridized carbons (Fsp3) is 1.00. The highest BCUT2D eigenvalue weighted by Gasteiger charge is 2.34. The molecule has 0 rings (SSSR count). The lowest BCUT2D eigenvalue weighted by Crippen LogP contribution is -2.56. The van der Waals surface area contributed by atoms with Gasteiger partial charge in [-0.2, -0.15) is 0 Å². The summed E-state index contributed by atoms with van der Waals surface area (Å²) < 4.78 is 10.6. The molecular weight excluding hydrogens is 216 g/mol. The topological polar surface area (TPSA) is 47.7 Å². The molecule has 0 aliphatic carbocycles. The van der Waals surface area contributed by atoms with Crippen LogP contribution >= 0.6 is 0 Å². The third-order valence-corrected chi connectivity index (χ3v) is 4.00. The molecule has 0 aliphatic rings. The maximum absolute atomic E-state index is 5.95. The molecule has 0 aromatic heterocycles. The van der Waals surface area contributed by atoms with Crippen LogP contribution in [0.2, 0.25) is 0 Å². The van der Waals surface area contributed by atoms with E-state index in [0.29, 0.717) is 18.5 Å². The van der Waals surface area contributed by atoms with E-state index in [-0.39, 0.29) is 11.8 Å². The normalized spacial score (nSPS) is 17.8. The summed E-state index contributed by atoms with van der Waals surface area (Å²) in [5.74, 6) is 0.592. The summed E-state index contributed by atoms with van der Waals surface area (Å²) in [6.07, 6.45) is 0.565. The molecule has 2 N–H and O–H groups in total. The molecule has 0 aliphatic heterocycles. The summed E-state index contributed by atoms with van der Waals surface area (Å²) in [6.45, 7) is 9.43. The molecule has 0 bridgehead atoms. The minimum absolute atomic E-state index is 0.111. The number of nitrogens with zero attached hydrogens (tertiary/aromatic N) is 1. The first-order chi connectivity index (χ1) is 7.82. The molecule has 0 saturated heterocycles. The third-order valence-electron chi connectivity index (χ3n) is 4.00. The summed E-state index contributed by atoms with van der Waals surface area (Å²) in [5, 5.41) is 0. The predicted molar refractivity (Wildman–Crippen MR) is 71.9 cm³/mol. The van der Waals surface area contributed by atoms with Crippen molar-refractivity contribution in [1.29, 1.82) is 0 Å². The van der Waals surface area contributed by atoms with E-state index in [1.165, 1.54) is 0 Å². The maximum Gasteiger partial charge on any atom is 0.158 e. The first-order valence-electron chi connectivity index (χ1n) is 6.31. The van der Waals surface area contributed by atoms with Crippen LogP contribution in [-0.4, -0.2) is 50.6 Å². The number of methoxy groups -OCH3 is 2. The zero-order valence-corrected chi connectivity index (χ0v) is 12.5. The van der Waals surface area contributed by atoms with E-state index in [4.69, 9.17) is 15.2 Å². The van der Waals surface area contributed by atoms with Crippen molar-refractivity contribution < 1.29 is 9.47 Å². The molecule has 0 spiro atoms. The van der Waals surface area contributed by atoms with Crippen LogP contribution in [0.5, 0.6) is 0 Å². The predicted octanol–water partition coefficient (Wildman–Crippen LogP) is 1.69. The summed E-state index contributed by atoms with van der Waals surface area (Å²) >= 11 is 0. The van der Waals surface area contributed by atoms with Crippen LogP contribution in [0.3, 0.4) is 0 Å². The van der Waals surface area contributed by atoms with Gasteiger partial charge < -0.3 is 15.2 Å². The lowest BCUT2D eigenvalue weighted by atomic mass is 9.91. The van der Waals surface area contributed by atoms with Crippen LogP contribution in [0.1, 0.15) is 34.1 Å². The Balaban J connectivity index is 4.75. The van der Waals surface area contributed by atoms with Gasteiger partial charge >= 0.3 is 0 Å². The number of hydrogen-bond acceptors (Lipinski definition) is 4. The van der Waals surface area contributed by atoms with Gasteiger partial charge in [0.2, 0.25) is 0 Å². The van der Waals surface area contributed by atoms with Crippen molar-refractivity contribution >= 4 is 0 Å². The van der Waals surface area contributed by atoms with Gasteiger partial charge in [-0.3, -0.25) is 4.90 Å². The number of nitrogens with two attached hydrogens (primary N) is 1. The number of rotatable bonds is 8. The molecule has 0 aromatic carbocycles. The molecule has 0 saturated carbocycles. The van der Waals surface area contributed by atoms with Gasteiger partial charge in [0.25, 0.3) is 0 Å². The van der Waals surface area contributed by atoms with E-state index in [1.54, 1.807) is 14.2 Å². The van der Waals surface area contributed by atoms with Gasteiger partial charge in [0, 0.05) is 38.8 Å². The minimum atomic E-state index is -0.203. The molecule has 17 heavy (non-hydrogen) atoms. The SMILES string of the molecule is COC(CC(C)(CN)N(C)C(C)C(C)C)OC.